The molecule has 10 heavy (non-hydrogen) atoms. The highest BCUT2D eigenvalue weighted by molar-refractivity contribution is 5.73. The second-order valence-corrected chi connectivity index (χ2v) is 1.47. The Hall–Kier alpha value is -1.53. The summed E-state index contributed by atoms with van der Waals surface area (Å²) >= 11 is 0. The molecule has 0 aromatic heterocycles. The summed E-state index contributed by atoms with van der Waals surface area (Å²) in [6.07, 6.45) is 0. The summed E-state index contributed by atoms with van der Waals surface area (Å²) in [5.41, 5.74) is 0. The van der Waals surface area contributed by atoms with Crippen molar-refractivity contribution >= 4 is 5.97 Å². The maximum atomic E-state index is 9.87. The minimum absolute atomic E-state index is 0.903. The van der Waals surface area contributed by atoms with Gasteiger partial charge < -0.3 is 5.11 Å². The van der Waals surface area contributed by atoms with Gasteiger partial charge in [0, 0.05) is 4.92 Å². The molecular formula is C3H4N2O5. The van der Waals surface area contributed by atoms with E-state index in [4.69, 9.17) is 5.11 Å². The number of carboxylic acids is 1. The molecule has 0 amide bonds. The number of nitrogens with zero attached hydrogens (tertiary/aromatic N) is 2. The number of rotatable bonds is 4. The van der Waals surface area contributed by atoms with Crippen LogP contribution in [0.2, 0.25) is 0 Å². The molecule has 0 aliphatic heterocycles. The van der Waals surface area contributed by atoms with Crippen molar-refractivity contribution < 1.29 is 14.8 Å². The van der Waals surface area contributed by atoms with Crippen LogP contribution in [0.15, 0.2) is 5.18 Å². The van der Waals surface area contributed by atoms with Crippen molar-refractivity contribution in [3.63, 3.8) is 0 Å². The van der Waals surface area contributed by atoms with Crippen molar-refractivity contribution in [3.05, 3.63) is 15.0 Å². The minimum Gasteiger partial charge on any atom is -0.479 e. The average molecular weight is 148 g/mol. The van der Waals surface area contributed by atoms with Gasteiger partial charge in [0.05, 0.1) is 0 Å². The first-order valence-electron chi connectivity index (χ1n) is 2.25. The predicted octanol–water partition coefficient (Wildman–Crippen LogP) is -0.517. The number of nitroso groups, excluding NO2 is 1. The first kappa shape index (κ1) is 8.47. The summed E-state index contributed by atoms with van der Waals surface area (Å²) in [6.45, 7) is -0.959. The molecule has 0 aliphatic rings. The highest BCUT2D eigenvalue weighted by atomic mass is 16.6. The topological polar surface area (TPSA) is 110 Å². The van der Waals surface area contributed by atoms with Crippen molar-refractivity contribution in [3.8, 4) is 0 Å². The molecule has 0 saturated heterocycles. The largest absolute Gasteiger partial charge is 0.479 e. The molecule has 0 radical (unpaired) electrons. The Labute approximate surface area is 54.8 Å². The summed E-state index contributed by atoms with van der Waals surface area (Å²) in [4.78, 5) is 28.1. The van der Waals surface area contributed by atoms with Crippen molar-refractivity contribution in [2.45, 2.75) is 6.04 Å². The van der Waals surface area contributed by atoms with Crippen LogP contribution in [0.25, 0.3) is 0 Å². The third-order valence-corrected chi connectivity index (χ3v) is 0.734. The zero-order valence-corrected chi connectivity index (χ0v) is 4.76. The SMILES string of the molecule is O=NC(C[N+](=O)[O-])C(=O)O. The van der Waals surface area contributed by atoms with Crippen molar-refractivity contribution in [2.24, 2.45) is 5.18 Å². The molecular weight excluding hydrogens is 144 g/mol. The minimum atomic E-state index is -1.77. The second kappa shape index (κ2) is 3.49. The molecule has 1 atom stereocenters. The van der Waals surface area contributed by atoms with Gasteiger partial charge >= 0.3 is 5.97 Å². The van der Waals surface area contributed by atoms with E-state index in [-0.39, 0.29) is 0 Å². The van der Waals surface area contributed by atoms with Crippen molar-refractivity contribution in [2.75, 3.05) is 6.54 Å². The summed E-state index contributed by atoms with van der Waals surface area (Å²) in [7, 11) is 0. The third-order valence-electron chi connectivity index (χ3n) is 0.734. The maximum Gasteiger partial charge on any atom is 0.339 e. The van der Waals surface area contributed by atoms with E-state index in [1.54, 1.807) is 0 Å². The lowest BCUT2D eigenvalue weighted by atomic mass is 10.3. The van der Waals surface area contributed by atoms with E-state index < -0.39 is 23.5 Å². The quantitative estimate of drug-likeness (QED) is 0.327. The van der Waals surface area contributed by atoms with Gasteiger partial charge in [0.25, 0.3) is 6.04 Å². The molecule has 0 aliphatic carbocycles. The van der Waals surface area contributed by atoms with Gasteiger partial charge in [0.2, 0.25) is 6.54 Å². The van der Waals surface area contributed by atoms with E-state index in [2.05, 4.69) is 0 Å². The lowest BCUT2D eigenvalue weighted by Gasteiger charge is -1.94. The summed E-state index contributed by atoms with van der Waals surface area (Å²) in [5.74, 6) is -1.58. The van der Waals surface area contributed by atoms with E-state index in [1.807, 2.05) is 5.18 Å². The van der Waals surface area contributed by atoms with E-state index in [0.29, 0.717) is 0 Å². The standard InChI is InChI=1S/C3H4N2O5/c6-3(7)2(4-8)1-5(9)10/h2H,1H2,(H,6,7). The summed E-state index contributed by atoms with van der Waals surface area (Å²) in [6, 6.07) is -1.77. The Balaban J connectivity index is 3.96. The summed E-state index contributed by atoms with van der Waals surface area (Å²) < 4.78 is 0. The molecule has 0 spiro atoms. The fraction of sp³-hybridized carbons (Fsp3) is 0.667. The van der Waals surface area contributed by atoms with E-state index in [1.165, 1.54) is 0 Å². The first-order valence-corrected chi connectivity index (χ1v) is 2.25. The fourth-order valence-corrected chi connectivity index (χ4v) is 0.298. The smallest absolute Gasteiger partial charge is 0.339 e. The number of nitro groups is 1. The molecule has 0 fully saturated rings. The Morgan fingerprint density at radius 3 is 2.40 bits per heavy atom. The van der Waals surface area contributed by atoms with Crippen molar-refractivity contribution in [1.29, 1.82) is 0 Å². The van der Waals surface area contributed by atoms with Crippen LogP contribution >= 0.6 is 0 Å². The Morgan fingerprint density at radius 2 is 2.30 bits per heavy atom. The van der Waals surface area contributed by atoms with Crippen LogP contribution in [0.4, 0.5) is 0 Å². The van der Waals surface area contributed by atoms with Gasteiger partial charge in [-0.1, -0.05) is 0 Å². The van der Waals surface area contributed by atoms with Crippen LogP contribution in [0.1, 0.15) is 0 Å². The molecule has 0 heterocycles. The van der Waals surface area contributed by atoms with E-state index in [0.717, 1.165) is 0 Å². The molecule has 0 aromatic carbocycles. The molecule has 7 nitrogen and oxygen atoms in total. The monoisotopic (exact) mass is 148 g/mol. The normalized spacial score (nSPS) is 12.0. The van der Waals surface area contributed by atoms with Gasteiger partial charge in [0.15, 0.2) is 0 Å². The Kier molecular flexibility index (Phi) is 2.95. The number of carboxylic acid groups (broad SMARTS) is 1. The third kappa shape index (κ3) is 2.70. The number of hydrogen-bond donors (Lipinski definition) is 1. The predicted molar refractivity (Wildman–Crippen MR) is 29.1 cm³/mol. The lowest BCUT2D eigenvalue weighted by Crippen LogP contribution is -2.26. The highest BCUT2D eigenvalue weighted by Crippen LogP contribution is 1.90. The van der Waals surface area contributed by atoms with Gasteiger partial charge in [-0.2, -0.15) is 0 Å². The molecule has 0 aromatic rings. The molecule has 0 saturated carbocycles. The number of hydrogen-bond acceptors (Lipinski definition) is 5. The fourth-order valence-electron chi connectivity index (χ4n) is 0.298. The van der Waals surface area contributed by atoms with Gasteiger partial charge in [-0.05, 0) is 5.18 Å². The maximum absolute atomic E-state index is 9.87. The van der Waals surface area contributed by atoms with Gasteiger partial charge in [0.1, 0.15) is 0 Å². The number of aliphatic carboxylic acids is 1. The molecule has 1 unspecified atom stereocenters. The van der Waals surface area contributed by atoms with Gasteiger partial charge in [-0.25, -0.2) is 4.79 Å². The van der Waals surface area contributed by atoms with Crippen molar-refractivity contribution in [1.82, 2.24) is 0 Å². The molecule has 1 N–H and O–H groups in total. The van der Waals surface area contributed by atoms with Gasteiger partial charge in [-0.15, -0.1) is 4.91 Å². The molecule has 56 valence electrons. The zero-order valence-electron chi connectivity index (χ0n) is 4.76. The van der Waals surface area contributed by atoms with E-state index >= 15 is 0 Å². The lowest BCUT2D eigenvalue weighted by molar-refractivity contribution is -0.480. The van der Waals surface area contributed by atoms with Crippen LogP contribution in [-0.4, -0.2) is 28.6 Å². The zero-order chi connectivity index (χ0) is 8.15. The van der Waals surface area contributed by atoms with Crippen LogP contribution in [0.3, 0.4) is 0 Å². The average Bonchev–Trinajstić information content (AvgIpc) is 1.81. The van der Waals surface area contributed by atoms with E-state index in [9.17, 15) is 19.8 Å². The summed E-state index contributed by atoms with van der Waals surface area (Å²) in [5, 5.41) is 19.7. The second-order valence-electron chi connectivity index (χ2n) is 1.47. The number of carbonyl (C=O) groups is 1. The Bertz CT molecular complexity index is 166. The van der Waals surface area contributed by atoms with Crippen LogP contribution in [-0.2, 0) is 4.79 Å². The molecule has 7 heteroatoms. The first-order chi connectivity index (χ1) is 4.57. The molecule has 0 bridgehead atoms. The van der Waals surface area contributed by atoms with Gasteiger partial charge in [-0.3, -0.25) is 10.1 Å². The van der Waals surface area contributed by atoms with Crippen LogP contribution in [0.5, 0.6) is 0 Å². The Morgan fingerprint density at radius 1 is 1.80 bits per heavy atom. The highest BCUT2D eigenvalue weighted by Gasteiger charge is 2.23. The van der Waals surface area contributed by atoms with Crippen LogP contribution < -0.4 is 0 Å². The molecule has 0 rings (SSSR count). The van der Waals surface area contributed by atoms with Crippen LogP contribution in [0, 0.1) is 15.0 Å².